The highest BCUT2D eigenvalue weighted by Crippen LogP contribution is 2.32. The monoisotopic (exact) mass is 350 g/mol. The standard InChI is InChI=1S/C15H19BrN4O/c1-9(2)20-15(13(16)6-18-20)14(19-17)10-3-4-11-7-21-8-12(11)5-10/h3-6,9,14,19H,7-8,17H2,1-2H3. The molecule has 2 heterocycles. The van der Waals surface area contributed by atoms with Gasteiger partial charge in [0.25, 0.3) is 0 Å². The van der Waals surface area contributed by atoms with Gasteiger partial charge in [-0.25, -0.2) is 5.43 Å². The molecule has 112 valence electrons. The molecule has 5 nitrogen and oxygen atoms in total. The highest BCUT2D eigenvalue weighted by molar-refractivity contribution is 9.10. The summed E-state index contributed by atoms with van der Waals surface area (Å²) < 4.78 is 8.42. The van der Waals surface area contributed by atoms with Crippen molar-refractivity contribution in [1.29, 1.82) is 0 Å². The lowest BCUT2D eigenvalue weighted by Gasteiger charge is -2.21. The molecule has 1 aromatic carbocycles. The second kappa shape index (κ2) is 5.88. The van der Waals surface area contributed by atoms with E-state index in [0.29, 0.717) is 13.2 Å². The topological polar surface area (TPSA) is 65.1 Å². The molecule has 0 bridgehead atoms. The molecule has 21 heavy (non-hydrogen) atoms. The van der Waals surface area contributed by atoms with E-state index >= 15 is 0 Å². The lowest BCUT2D eigenvalue weighted by Crippen LogP contribution is -2.31. The van der Waals surface area contributed by atoms with Crippen LogP contribution in [0.2, 0.25) is 0 Å². The first kappa shape index (κ1) is 14.7. The van der Waals surface area contributed by atoms with Gasteiger partial charge in [-0.1, -0.05) is 18.2 Å². The summed E-state index contributed by atoms with van der Waals surface area (Å²) in [4.78, 5) is 0. The number of benzene rings is 1. The number of aromatic nitrogens is 2. The number of nitrogens with two attached hydrogens (primary N) is 1. The number of nitrogens with zero attached hydrogens (tertiary/aromatic N) is 2. The third kappa shape index (κ3) is 2.64. The highest BCUT2D eigenvalue weighted by Gasteiger charge is 2.23. The molecule has 0 amide bonds. The lowest BCUT2D eigenvalue weighted by atomic mass is 9.99. The van der Waals surface area contributed by atoms with Crippen molar-refractivity contribution in [3.8, 4) is 0 Å². The van der Waals surface area contributed by atoms with Crippen LogP contribution in [0.25, 0.3) is 0 Å². The summed E-state index contributed by atoms with van der Waals surface area (Å²) in [6.07, 6.45) is 1.82. The average Bonchev–Trinajstić information content (AvgIpc) is 3.07. The Bertz CT molecular complexity index is 653. The maximum Gasteiger partial charge on any atom is 0.0890 e. The van der Waals surface area contributed by atoms with Crippen molar-refractivity contribution in [2.45, 2.75) is 39.1 Å². The van der Waals surface area contributed by atoms with Crippen molar-refractivity contribution in [3.63, 3.8) is 0 Å². The van der Waals surface area contributed by atoms with Crippen LogP contribution in [0.1, 0.15) is 48.3 Å². The molecule has 3 N–H and O–H groups in total. The fourth-order valence-corrected chi connectivity index (χ4v) is 3.24. The molecule has 0 fully saturated rings. The minimum Gasteiger partial charge on any atom is -0.372 e. The van der Waals surface area contributed by atoms with Gasteiger partial charge in [0.15, 0.2) is 0 Å². The Hall–Kier alpha value is -1.21. The molecule has 0 saturated carbocycles. The fourth-order valence-electron chi connectivity index (χ4n) is 2.74. The SMILES string of the molecule is CC(C)n1ncc(Br)c1C(NN)c1ccc2c(c1)COC2. The number of halogens is 1. The Kier molecular flexibility index (Phi) is 4.12. The first-order valence-electron chi connectivity index (χ1n) is 7.00. The van der Waals surface area contributed by atoms with E-state index in [9.17, 15) is 0 Å². The van der Waals surface area contributed by atoms with E-state index < -0.39 is 0 Å². The van der Waals surface area contributed by atoms with Gasteiger partial charge < -0.3 is 4.74 Å². The molecule has 1 unspecified atom stereocenters. The number of nitrogens with one attached hydrogen (secondary N) is 1. The zero-order valence-electron chi connectivity index (χ0n) is 12.1. The maximum atomic E-state index is 5.84. The van der Waals surface area contributed by atoms with Crippen LogP contribution in [0.3, 0.4) is 0 Å². The van der Waals surface area contributed by atoms with Crippen molar-refractivity contribution < 1.29 is 4.74 Å². The molecule has 1 aliphatic rings. The largest absolute Gasteiger partial charge is 0.372 e. The summed E-state index contributed by atoms with van der Waals surface area (Å²) in [6.45, 7) is 5.58. The van der Waals surface area contributed by atoms with Crippen LogP contribution in [-0.2, 0) is 18.0 Å². The minimum absolute atomic E-state index is 0.116. The van der Waals surface area contributed by atoms with E-state index in [4.69, 9.17) is 10.6 Å². The second-order valence-corrected chi connectivity index (χ2v) is 6.39. The first-order chi connectivity index (χ1) is 10.1. The molecule has 1 aromatic heterocycles. The maximum absolute atomic E-state index is 5.84. The van der Waals surface area contributed by atoms with E-state index in [1.165, 1.54) is 11.1 Å². The van der Waals surface area contributed by atoms with E-state index in [-0.39, 0.29) is 12.1 Å². The van der Waals surface area contributed by atoms with E-state index in [1.54, 1.807) is 0 Å². The van der Waals surface area contributed by atoms with Gasteiger partial charge in [-0.3, -0.25) is 10.5 Å². The van der Waals surface area contributed by atoms with E-state index in [1.807, 2.05) is 10.9 Å². The number of hydrogen-bond donors (Lipinski definition) is 2. The van der Waals surface area contributed by atoms with Crippen LogP contribution < -0.4 is 11.3 Å². The number of rotatable bonds is 4. The van der Waals surface area contributed by atoms with Gasteiger partial charge in [-0.2, -0.15) is 5.10 Å². The fraction of sp³-hybridized carbons (Fsp3) is 0.400. The van der Waals surface area contributed by atoms with Crippen molar-refractivity contribution in [2.75, 3.05) is 0 Å². The van der Waals surface area contributed by atoms with Gasteiger partial charge in [-0.05, 0) is 46.5 Å². The number of fused-ring (bicyclic) bond motifs is 1. The molecule has 1 atom stereocenters. The minimum atomic E-state index is -0.116. The highest BCUT2D eigenvalue weighted by atomic mass is 79.9. The third-order valence-electron chi connectivity index (χ3n) is 3.80. The molecule has 1 aliphatic heterocycles. The molecule has 6 heteroatoms. The smallest absolute Gasteiger partial charge is 0.0890 e. The van der Waals surface area contributed by atoms with Crippen LogP contribution in [0.4, 0.5) is 0 Å². The predicted molar refractivity (Wildman–Crippen MR) is 84.4 cm³/mol. The van der Waals surface area contributed by atoms with Gasteiger partial charge in [0.2, 0.25) is 0 Å². The molecule has 0 spiro atoms. The van der Waals surface area contributed by atoms with Crippen LogP contribution in [0.15, 0.2) is 28.9 Å². The molecule has 0 aliphatic carbocycles. The summed E-state index contributed by atoms with van der Waals surface area (Å²) in [5.74, 6) is 5.84. The number of hydrogen-bond acceptors (Lipinski definition) is 4. The lowest BCUT2D eigenvalue weighted by molar-refractivity contribution is 0.134. The summed E-state index contributed by atoms with van der Waals surface area (Å²) in [7, 11) is 0. The third-order valence-corrected chi connectivity index (χ3v) is 4.41. The second-order valence-electron chi connectivity index (χ2n) is 5.54. The summed E-state index contributed by atoms with van der Waals surface area (Å²) in [5.41, 5.74) is 7.56. The van der Waals surface area contributed by atoms with Gasteiger partial charge in [0.1, 0.15) is 0 Å². The van der Waals surface area contributed by atoms with Crippen molar-refractivity contribution in [3.05, 3.63) is 51.3 Å². The Morgan fingerprint density at radius 2 is 2.10 bits per heavy atom. The number of ether oxygens (including phenoxy) is 1. The van der Waals surface area contributed by atoms with Crippen LogP contribution in [-0.4, -0.2) is 9.78 Å². The van der Waals surface area contributed by atoms with Gasteiger partial charge in [0, 0.05) is 6.04 Å². The Labute approximate surface area is 132 Å². The van der Waals surface area contributed by atoms with Gasteiger partial charge in [0.05, 0.1) is 35.6 Å². The normalized spacial score (nSPS) is 15.5. The quantitative estimate of drug-likeness (QED) is 0.657. The van der Waals surface area contributed by atoms with Crippen LogP contribution >= 0.6 is 15.9 Å². The molecular formula is C15H19BrN4O. The van der Waals surface area contributed by atoms with E-state index in [0.717, 1.165) is 15.7 Å². The molecular weight excluding hydrogens is 332 g/mol. The van der Waals surface area contributed by atoms with Crippen molar-refractivity contribution >= 4 is 15.9 Å². The Morgan fingerprint density at radius 1 is 1.33 bits per heavy atom. The van der Waals surface area contributed by atoms with Crippen molar-refractivity contribution in [2.24, 2.45) is 5.84 Å². The Balaban J connectivity index is 2.05. The van der Waals surface area contributed by atoms with Gasteiger partial charge in [-0.15, -0.1) is 0 Å². The Morgan fingerprint density at radius 3 is 2.81 bits per heavy atom. The predicted octanol–water partition coefficient (Wildman–Crippen LogP) is 2.81. The van der Waals surface area contributed by atoms with Gasteiger partial charge >= 0.3 is 0 Å². The summed E-state index contributed by atoms with van der Waals surface area (Å²) in [6, 6.07) is 6.53. The molecule has 2 aromatic rings. The van der Waals surface area contributed by atoms with Crippen LogP contribution in [0, 0.1) is 0 Å². The summed E-state index contributed by atoms with van der Waals surface area (Å²) in [5, 5.41) is 4.43. The van der Waals surface area contributed by atoms with E-state index in [2.05, 4.69) is 58.5 Å². The van der Waals surface area contributed by atoms with Crippen molar-refractivity contribution in [1.82, 2.24) is 15.2 Å². The summed E-state index contributed by atoms with van der Waals surface area (Å²) >= 11 is 3.58. The number of hydrazine groups is 1. The zero-order chi connectivity index (χ0) is 15.0. The molecule has 0 saturated heterocycles. The molecule has 3 rings (SSSR count). The molecule has 0 radical (unpaired) electrons. The zero-order valence-corrected chi connectivity index (χ0v) is 13.7. The first-order valence-corrected chi connectivity index (χ1v) is 7.79. The van der Waals surface area contributed by atoms with Crippen LogP contribution in [0.5, 0.6) is 0 Å². The average molecular weight is 351 g/mol.